The zero-order valence-electron chi connectivity index (χ0n) is 20.7. The predicted molar refractivity (Wildman–Crippen MR) is 140 cm³/mol. The summed E-state index contributed by atoms with van der Waals surface area (Å²) in [6.07, 6.45) is 29.5. The van der Waals surface area contributed by atoms with Gasteiger partial charge in [0.2, 0.25) is 0 Å². The number of carbonyl (C=O) groups excluding carboxylic acids is 1. The van der Waals surface area contributed by atoms with Gasteiger partial charge in [-0.05, 0) is 44.9 Å². The Bertz CT molecular complexity index is 1190. The zero-order chi connectivity index (χ0) is 25.3. The second-order valence-electron chi connectivity index (χ2n) is 7.95. The lowest BCUT2D eigenvalue weighted by Crippen LogP contribution is -2.29. The molecule has 2 aromatic heterocycles. The van der Waals surface area contributed by atoms with Gasteiger partial charge in [-0.3, -0.25) is 23.7 Å². The van der Waals surface area contributed by atoms with Gasteiger partial charge in [-0.1, -0.05) is 67.7 Å². The maximum atomic E-state index is 12.0. The number of ether oxygens (including phenoxy) is 1. The van der Waals surface area contributed by atoms with E-state index in [1.807, 2.05) is 0 Å². The largest absolute Gasteiger partial charge is 0.444 e. The summed E-state index contributed by atoms with van der Waals surface area (Å²) in [5.41, 5.74) is -0.665. The van der Waals surface area contributed by atoms with Crippen LogP contribution in [0.4, 0.5) is 0 Å². The van der Waals surface area contributed by atoms with Crippen molar-refractivity contribution in [1.82, 2.24) is 19.1 Å². The monoisotopic (exact) mass is 480 g/mol. The van der Waals surface area contributed by atoms with E-state index in [1.54, 1.807) is 0 Å². The number of nitrogens with zero attached hydrogens (tertiary/aromatic N) is 3. The smallest absolute Gasteiger partial charge is 0.329 e. The van der Waals surface area contributed by atoms with Crippen molar-refractivity contribution in [3.05, 3.63) is 87.9 Å². The Kier molecular flexibility index (Phi) is 12.6. The number of hydrogen-bond donors (Lipinski definition) is 1. The van der Waals surface area contributed by atoms with Gasteiger partial charge in [0.1, 0.15) is 6.33 Å². The van der Waals surface area contributed by atoms with Crippen LogP contribution in [0.5, 0.6) is 0 Å². The number of hydrogen-bond acceptors (Lipinski definition) is 5. The molecule has 188 valence electrons. The number of imidazole rings is 1. The molecule has 0 radical (unpaired) electrons. The first-order valence-electron chi connectivity index (χ1n) is 12.1. The van der Waals surface area contributed by atoms with Crippen LogP contribution >= 0.6 is 0 Å². The average molecular weight is 481 g/mol. The maximum Gasteiger partial charge on any atom is 0.329 e. The topological polar surface area (TPSA) is 99.0 Å². The van der Waals surface area contributed by atoms with Gasteiger partial charge in [0.25, 0.3) is 5.56 Å². The highest BCUT2D eigenvalue weighted by molar-refractivity contribution is 5.71. The van der Waals surface area contributed by atoms with Crippen molar-refractivity contribution < 1.29 is 9.53 Å². The molecular formula is C27H36N4O4. The Hall–Kier alpha value is -3.68. The third kappa shape index (κ3) is 10.00. The summed E-state index contributed by atoms with van der Waals surface area (Å²) in [5.74, 6) is -0.347. The average Bonchev–Trinajstić information content (AvgIpc) is 3.28. The van der Waals surface area contributed by atoms with Gasteiger partial charge < -0.3 is 4.74 Å². The van der Waals surface area contributed by atoms with Gasteiger partial charge in [-0.2, -0.15) is 0 Å². The number of H-pyrrole nitrogens is 1. The van der Waals surface area contributed by atoms with Crippen LogP contribution in [0, 0.1) is 0 Å². The van der Waals surface area contributed by atoms with Crippen LogP contribution in [0.15, 0.2) is 76.7 Å². The van der Waals surface area contributed by atoms with Gasteiger partial charge in [0, 0.05) is 13.5 Å². The fourth-order valence-corrected chi connectivity index (χ4v) is 3.23. The van der Waals surface area contributed by atoms with E-state index in [-0.39, 0.29) is 30.3 Å². The highest BCUT2D eigenvalue weighted by Crippen LogP contribution is 2.06. The lowest BCUT2D eigenvalue weighted by Gasteiger charge is -2.06. The lowest BCUT2D eigenvalue weighted by molar-refractivity contribution is -0.147. The van der Waals surface area contributed by atoms with Crippen LogP contribution in [0.3, 0.4) is 0 Å². The summed E-state index contributed by atoms with van der Waals surface area (Å²) < 4.78 is 7.89. The zero-order valence-corrected chi connectivity index (χ0v) is 20.7. The molecule has 0 unspecified atom stereocenters. The second-order valence-corrected chi connectivity index (χ2v) is 7.95. The first-order chi connectivity index (χ1) is 17.0. The molecule has 1 N–H and O–H groups in total. The van der Waals surface area contributed by atoms with E-state index in [4.69, 9.17) is 4.74 Å². The van der Waals surface area contributed by atoms with E-state index >= 15 is 0 Å². The van der Waals surface area contributed by atoms with Crippen molar-refractivity contribution in [3.8, 4) is 0 Å². The van der Waals surface area contributed by atoms with Crippen LogP contribution in [-0.2, 0) is 23.3 Å². The Labute approximate surface area is 206 Å². The van der Waals surface area contributed by atoms with E-state index in [0.29, 0.717) is 6.42 Å². The SMILES string of the molecule is CC/C=C\C/C=C\C/C=C\C/C=C\C/C=C\CCCC(=O)OCn1cnc2c1c(=O)[nH]c(=O)n2C. The summed E-state index contributed by atoms with van der Waals surface area (Å²) in [5, 5.41) is 0. The number of nitrogens with one attached hydrogen (secondary N) is 1. The van der Waals surface area contributed by atoms with E-state index in [9.17, 15) is 14.4 Å². The molecule has 8 heteroatoms. The standard InChI is InChI=1S/C27H36N4O4/c1-3-4-5-6-7-8-9-10-11-12-13-14-15-16-17-18-19-20-23(32)35-22-31-21-28-25-24(31)26(33)29-27(34)30(25)2/h4-5,7-8,10-11,13-14,16-17,21H,3,6,9,12,15,18-20,22H2,1-2H3,(H,29,33,34)/b5-4-,8-7-,11-10-,14-13-,17-16-. The number of unbranched alkanes of at least 4 members (excludes halogenated alkanes) is 1. The highest BCUT2D eigenvalue weighted by Gasteiger charge is 2.12. The highest BCUT2D eigenvalue weighted by atomic mass is 16.5. The number of aryl methyl sites for hydroxylation is 1. The minimum absolute atomic E-state index is 0.127. The lowest BCUT2D eigenvalue weighted by atomic mass is 10.2. The van der Waals surface area contributed by atoms with Crippen molar-refractivity contribution in [2.45, 2.75) is 65.0 Å². The van der Waals surface area contributed by atoms with Crippen LogP contribution < -0.4 is 11.2 Å². The van der Waals surface area contributed by atoms with Crippen molar-refractivity contribution in [1.29, 1.82) is 0 Å². The number of fused-ring (bicyclic) bond motifs is 1. The fourth-order valence-electron chi connectivity index (χ4n) is 3.23. The molecule has 0 aliphatic heterocycles. The molecule has 35 heavy (non-hydrogen) atoms. The molecule has 0 amide bonds. The van der Waals surface area contributed by atoms with Gasteiger partial charge in [0.05, 0.1) is 0 Å². The normalized spacial score (nSPS) is 12.5. The minimum atomic E-state index is -0.560. The molecule has 2 rings (SSSR count). The van der Waals surface area contributed by atoms with Crippen LogP contribution in [0.25, 0.3) is 11.2 Å². The first-order valence-corrected chi connectivity index (χ1v) is 12.1. The molecule has 0 atom stereocenters. The summed E-state index contributed by atoms with van der Waals surface area (Å²) in [4.78, 5) is 41.9. The summed E-state index contributed by atoms with van der Waals surface area (Å²) in [7, 11) is 1.51. The predicted octanol–water partition coefficient (Wildman–Crippen LogP) is 4.85. The van der Waals surface area contributed by atoms with Crippen molar-refractivity contribution >= 4 is 17.1 Å². The number of aromatic nitrogens is 4. The molecule has 2 heterocycles. The molecule has 0 bridgehead atoms. The number of rotatable bonds is 15. The Morgan fingerprint density at radius 1 is 0.943 bits per heavy atom. The molecule has 2 aromatic rings. The number of aromatic amines is 1. The molecule has 0 saturated carbocycles. The van der Waals surface area contributed by atoms with E-state index in [2.05, 4.69) is 77.7 Å². The Balaban J connectivity index is 1.56. The fraction of sp³-hybridized carbons (Fsp3) is 0.407. The second kappa shape index (κ2) is 16.0. The summed E-state index contributed by atoms with van der Waals surface area (Å²) in [6.45, 7) is 2.01. The molecule has 0 saturated heterocycles. The molecule has 0 aliphatic rings. The molecule has 8 nitrogen and oxygen atoms in total. The third-order valence-electron chi connectivity index (χ3n) is 5.15. The number of allylic oxidation sites excluding steroid dienone is 10. The maximum absolute atomic E-state index is 12.0. The molecule has 0 aromatic carbocycles. The van der Waals surface area contributed by atoms with Crippen molar-refractivity contribution in [2.24, 2.45) is 7.05 Å². The van der Waals surface area contributed by atoms with Gasteiger partial charge in [-0.15, -0.1) is 0 Å². The molecule has 0 spiro atoms. The van der Waals surface area contributed by atoms with E-state index in [1.165, 1.54) is 22.5 Å². The van der Waals surface area contributed by atoms with Crippen LogP contribution in [-0.4, -0.2) is 25.1 Å². The molecule has 0 aliphatic carbocycles. The Morgan fingerprint density at radius 3 is 2.11 bits per heavy atom. The Morgan fingerprint density at radius 2 is 1.51 bits per heavy atom. The summed E-state index contributed by atoms with van der Waals surface area (Å²) in [6, 6.07) is 0. The number of esters is 1. The third-order valence-corrected chi connectivity index (χ3v) is 5.15. The molecule has 0 fully saturated rings. The first kappa shape index (κ1) is 27.6. The van der Waals surface area contributed by atoms with E-state index in [0.717, 1.165) is 38.5 Å². The van der Waals surface area contributed by atoms with Crippen LogP contribution in [0.2, 0.25) is 0 Å². The number of carbonyl (C=O) groups is 1. The minimum Gasteiger partial charge on any atom is -0.444 e. The van der Waals surface area contributed by atoms with Crippen molar-refractivity contribution in [3.63, 3.8) is 0 Å². The van der Waals surface area contributed by atoms with Gasteiger partial charge >= 0.3 is 11.7 Å². The quantitative estimate of drug-likeness (QED) is 0.223. The molecular weight excluding hydrogens is 444 g/mol. The summed E-state index contributed by atoms with van der Waals surface area (Å²) >= 11 is 0. The van der Waals surface area contributed by atoms with Gasteiger partial charge in [0.15, 0.2) is 17.9 Å². The van der Waals surface area contributed by atoms with Crippen molar-refractivity contribution in [2.75, 3.05) is 0 Å². The van der Waals surface area contributed by atoms with E-state index < -0.39 is 11.2 Å². The van der Waals surface area contributed by atoms with Crippen LogP contribution in [0.1, 0.15) is 58.3 Å². The van der Waals surface area contributed by atoms with Gasteiger partial charge in [-0.25, -0.2) is 9.78 Å².